The predicted molar refractivity (Wildman–Crippen MR) is 94.0 cm³/mol. The van der Waals surface area contributed by atoms with Crippen LogP contribution in [0.3, 0.4) is 0 Å². The van der Waals surface area contributed by atoms with E-state index >= 15 is 0 Å². The fourth-order valence-electron chi connectivity index (χ4n) is 2.22. The van der Waals surface area contributed by atoms with Crippen LogP contribution in [0.1, 0.15) is 15.9 Å². The van der Waals surface area contributed by atoms with E-state index < -0.39 is 6.04 Å². The zero-order valence-electron chi connectivity index (χ0n) is 13.0. The van der Waals surface area contributed by atoms with Gasteiger partial charge in [-0.05, 0) is 31.2 Å². The number of hydrogen-bond donors (Lipinski definition) is 2. The lowest BCUT2D eigenvalue weighted by Crippen LogP contribution is -2.45. The molecule has 0 aliphatic heterocycles. The highest BCUT2D eigenvalue weighted by Gasteiger charge is 2.21. The summed E-state index contributed by atoms with van der Waals surface area (Å²) < 4.78 is 0. The van der Waals surface area contributed by atoms with Crippen molar-refractivity contribution in [3.63, 3.8) is 0 Å². The third-order valence-corrected chi connectivity index (χ3v) is 3.36. The molecule has 5 heteroatoms. The van der Waals surface area contributed by atoms with Crippen molar-refractivity contribution in [2.75, 3.05) is 13.6 Å². The molecule has 2 aromatic carbocycles. The number of amides is 1. The molecule has 0 saturated heterocycles. The smallest absolute Gasteiger partial charge is 0.251 e. The van der Waals surface area contributed by atoms with Crippen molar-refractivity contribution in [3.05, 3.63) is 71.8 Å². The van der Waals surface area contributed by atoms with Crippen molar-refractivity contribution in [3.8, 4) is 0 Å². The van der Waals surface area contributed by atoms with Gasteiger partial charge in [0.15, 0.2) is 5.78 Å². The highest BCUT2D eigenvalue weighted by atomic mass is 35.5. The van der Waals surface area contributed by atoms with Crippen LogP contribution in [0.2, 0.25) is 0 Å². The lowest BCUT2D eigenvalue weighted by Gasteiger charge is -2.18. The first kappa shape index (κ1) is 18.9. The van der Waals surface area contributed by atoms with Gasteiger partial charge in [-0.25, -0.2) is 0 Å². The second-order valence-corrected chi connectivity index (χ2v) is 5.08. The molecule has 0 spiro atoms. The molecule has 1 amide bonds. The van der Waals surface area contributed by atoms with Crippen LogP contribution in [0.4, 0.5) is 0 Å². The summed E-state index contributed by atoms with van der Waals surface area (Å²) in [6, 6.07) is 18.1. The van der Waals surface area contributed by atoms with Crippen LogP contribution in [-0.4, -0.2) is 31.3 Å². The van der Waals surface area contributed by atoms with Gasteiger partial charge in [0, 0.05) is 5.56 Å². The Balaban J connectivity index is 0.00000264. The fraction of sp³-hybridized carbons (Fsp3) is 0.222. The molecule has 4 nitrogen and oxygen atoms in total. The first-order valence-electron chi connectivity index (χ1n) is 7.28. The van der Waals surface area contributed by atoms with Gasteiger partial charge in [-0.3, -0.25) is 9.59 Å². The molecule has 1 unspecified atom stereocenters. The number of nitrogens with one attached hydrogen (secondary N) is 2. The van der Waals surface area contributed by atoms with Crippen LogP contribution in [0.15, 0.2) is 60.7 Å². The topological polar surface area (TPSA) is 58.2 Å². The van der Waals surface area contributed by atoms with E-state index in [9.17, 15) is 9.59 Å². The minimum atomic E-state index is -0.539. The van der Waals surface area contributed by atoms with Gasteiger partial charge in [-0.15, -0.1) is 12.4 Å². The fourth-order valence-corrected chi connectivity index (χ4v) is 2.22. The minimum Gasteiger partial charge on any atom is -0.342 e. The summed E-state index contributed by atoms with van der Waals surface area (Å²) in [5.41, 5.74) is 1.57. The van der Waals surface area contributed by atoms with Crippen molar-refractivity contribution in [2.45, 2.75) is 12.5 Å². The summed E-state index contributed by atoms with van der Waals surface area (Å²) in [4.78, 5) is 24.5. The van der Waals surface area contributed by atoms with Crippen LogP contribution in [0.25, 0.3) is 0 Å². The Morgan fingerprint density at radius 2 is 1.52 bits per heavy atom. The lowest BCUT2D eigenvalue weighted by atomic mass is 10.0. The molecule has 0 aliphatic rings. The number of carbonyl (C=O) groups is 2. The van der Waals surface area contributed by atoms with Crippen LogP contribution in [-0.2, 0) is 11.2 Å². The Bertz CT molecular complexity index is 617. The zero-order valence-corrected chi connectivity index (χ0v) is 13.8. The summed E-state index contributed by atoms with van der Waals surface area (Å²) in [5, 5.41) is 5.68. The number of carbonyl (C=O) groups excluding carboxylic acids is 2. The van der Waals surface area contributed by atoms with Crippen LogP contribution in [0, 0.1) is 0 Å². The van der Waals surface area contributed by atoms with E-state index in [1.165, 1.54) is 0 Å². The number of hydrogen-bond acceptors (Lipinski definition) is 3. The molecule has 0 heterocycles. The van der Waals surface area contributed by atoms with Gasteiger partial charge in [-0.2, -0.15) is 0 Å². The van der Waals surface area contributed by atoms with Gasteiger partial charge < -0.3 is 10.6 Å². The molecular weight excluding hydrogens is 312 g/mol. The Hall–Kier alpha value is -2.17. The molecule has 0 bridgehead atoms. The number of benzene rings is 2. The Morgan fingerprint density at radius 1 is 0.957 bits per heavy atom. The third-order valence-electron chi connectivity index (χ3n) is 3.36. The molecule has 0 radical (unpaired) electrons. The number of halogens is 1. The SMILES string of the molecule is CNCC(=O)C(Cc1ccccc1)NC(=O)c1ccccc1.Cl. The van der Waals surface area contributed by atoms with Crippen LogP contribution < -0.4 is 10.6 Å². The first-order valence-corrected chi connectivity index (χ1v) is 7.28. The standard InChI is InChI=1S/C18H20N2O2.ClH/c1-19-13-17(21)16(12-14-8-4-2-5-9-14)20-18(22)15-10-6-3-7-11-15;/h2-11,16,19H,12-13H2,1H3,(H,20,22);1H. The first-order chi connectivity index (χ1) is 10.7. The second kappa shape index (κ2) is 9.77. The highest BCUT2D eigenvalue weighted by molar-refractivity contribution is 5.98. The normalized spacial score (nSPS) is 11.2. The number of likely N-dealkylation sites (N-methyl/N-ethyl adjacent to an activating group) is 1. The van der Waals surface area contributed by atoms with Gasteiger partial charge in [-0.1, -0.05) is 48.5 Å². The Morgan fingerprint density at radius 3 is 2.09 bits per heavy atom. The largest absolute Gasteiger partial charge is 0.342 e. The van der Waals surface area contributed by atoms with Gasteiger partial charge in [0.05, 0.1) is 12.6 Å². The van der Waals surface area contributed by atoms with E-state index in [0.717, 1.165) is 5.56 Å². The monoisotopic (exact) mass is 332 g/mol. The maximum Gasteiger partial charge on any atom is 0.251 e. The molecule has 2 aromatic rings. The Labute approximate surface area is 142 Å². The molecule has 1 atom stereocenters. The molecule has 2 N–H and O–H groups in total. The lowest BCUT2D eigenvalue weighted by molar-refractivity contribution is -0.119. The Kier molecular flexibility index (Phi) is 8.02. The maximum absolute atomic E-state index is 12.3. The predicted octanol–water partition coefficient (Wildman–Crippen LogP) is 2.24. The molecule has 0 fully saturated rings. The van der Waals surface area contributed by atoms with Gasteiger partial charge in [0.25, 0.3) is 5.91 Å². The van der Waals surface area contributed by atoms with Crippen molar-refractivity contribution < 1.29 is 9.59 Å². The summed E-state index contributed by atoms with van der Waals surface area (Å²) in [6.07, 6.45) is 0.486. The summed E-state index contributed by atoms with van der Waals surface area (Å²) in [6.45, 7) is 0.229. The maximum atomic E-state index is 12.3. The summed E-state index contributed by atoms with van der Waals surface area (Å²) in [7, 11) is 1.72. The van der Waals surface area contributed by atoms with E-state index in [-0.39, 0.29) is 30.6 Å². The average molecular weight is 333 g/mol. The molecule has 0 saturated carbocycles. The average Bonchev–Trinajstić information content (AvgIpc) is 2.56. The number of Topliss-reactive ketones (excluding diaryl/α,β-unsaturated/α-hetero) is 1. The second-order valence-electron chi connectivity index (χ2n) is 5.08. The molecule has 0 aliphatic carbocycles. The van der Waals surface area contributed by atoms with Crippen LogP contribution >= 0.6 is 12.4 Å². The van der Waals surface area contributed by atoms with Gasteiger partial charge in [0.2, 0.25) is 0 Å². The van der Waals surface area contributed by atoms with E-state index in [1.54, 1.807) is 31.3 Å². The van der Waals surface area contributed by atoms with Gasteiger partial charge in [0.1, 0.15) is 0 Å². The number of ketones is 1. The zero-order chi connectivity index (χ0) is 15.8. The molecule has 2 rings (SSSR count). The van der Waals surface area contributed by atoms with Crippen LogP contribution in [0.5, 0.6) is 0 Å². The van der Waals surface area contributed by atoms with E-state index in [2.05, 4.69) is 10.6 Å². The van der Waals surface area contributed by atoms with Crippen molar-refractivity contribution in [1.29, 1.82) is 0 Å². The molecule has 122 valence electrons. The van der Waals surface area contributed by atoms with E-state index in [0.29, 0.717) is 12.0 Å². The summed E-state index contributed by atoms with van der Waals surface area (Å²) >= 11 is 0. The highest BCUT2D eigenvalue weighted by Crippen LogP contribution is 2.06. The van der Waals surface area contributed by atoms with Crippen molar-refractivity contribution in [1.82, 2.24) is 10.6 Å². The van der Waals surface area contributed by atoms with Crippen molar-refractivity contribution >= 4 is 24.1 Å². The van der Waals surface area contributed by atoms with E-state index in [1.807, 2.05) is 36.4 Å². The van der Waals surface area contributed by atoms with Gasteiger partial charge >= 0.3 is 0 Å². The molecule has 0 aromatic heterocycles. The molecular formula is C18H21ClN2O2. The quantitative estimate of drug-likeness (QED) is 0.817. The van der Waals surface area contributed by atoms with E-state index in [4.69, 9.17) is 0 Å². The number of rotatable bonds is 7. The van der Waals surface area contributed by atoms with Crippen molar-refractivity contribution in [2.24, 2.45) is 0 Å². The minimum absolute atomic E-state index is 0. The summed E-state index contributed by atoms with van der Waals surface area (Å²) in [5.74, 6) is -0.262. The molecule has 23 heavy (non-hydrogen) atoms. The third kappa shape index (κ3) is 5.85.